The molecule has 7 heteroatoms. The second-order valence-electron chi connectivity index (χ2n) is 4.73. The summed E-state index contributed by atoms with van der Waals surface area (Å²) >= 11 is 6.24. The summed E-state index contributed by atoms with van der Waals surface area (Å²) in [6.45, 7) is 2.74. The van der Waals surface area contributed by atoms with Crippen molar-refractivity contribution in [3.63, 3.8) is 0 Å². The van der Waals surface area contributed by atoms with E-state index in [1.165, 1.54) is 10.7 Å². The average Bonchev–Trinajstić information content (AvgIpc) is 2.82. The lowest BCUT2D eigenvalue weighted by Gasteiger charge is -2.23. The first-order chi connectivity index (χ1) is 9.99. The molecule has 0 radical (unpaired) electrons. The largest absolute Gasteiger partial charge is 0.486 e. The molecule has 6 nitrogen and oxygen atoms in total. The fourth-order valence-electron chi connectivity index (χ4n) is 2.36. The summed E-state index contributed by atoms with van der Waals surface area (Å²) in [4.78, 5) is 11.1. The van der Waals surface area contributed by atoms with Gasteiger partial charge in [0.05, 0.1) is 11.3 Å². The number of fused-ring (bicyclic) bond motifs is 1. The van der Waals surface area contributed by atoms with Crippen molar-refractivity contribution in [2.45, 2.75) is 6.92 Å². The van der Waals surface area contributed by atoms with Gasteiger partial charge in [-0.15, -0.1) is 0 Å². The summed E-state index contributed by atoms with van der Waals surface area (Å²) in [5.74, 6) is 0.0515. The summed E-state index contributed by atoms with van der Waals surface area (Å²) in [5.41, 5.74) is 2.09. The Hall–Kier alpha value is -2.21. The number of aromatic carboxylic acids is 1. The number of carbonyl (C=O) groups is 1. The van der Waals surface area contributed by atoms with Crippen LogP contribution in [0.1, 0.15) is 16.1 Å². The molecule has 0 bridgehead atoms. The predicted octanol–water partition coefficient (Wildman–Crippen LogP) is 2.52. The highest BCUT2D eigenvalue weighted by Crippen LogP contribution is 2.45. The number of aromatic nitrogens is 2. The van der Waals surface area contributed by atoms with Crippen LogP contribution >= 0.6 is 11.6 Å². The van der Waals surface area contributed by atoms with Crippen LogP contribution in [-0.4, -0.2) is 34.1 Å². The second kappa shape index (κ2) is 4.96. The zero-order chi connectivity index (χ0) is 15.1. The van der Waals surface area contributed by atoms with Crippen molar-refractivity contribution < 1.29 is 19.4 Å². The lowest BCUT2D eigenvalue weighted by Crippen LogP contribution is -2.16. The van der Waals surface area contributed by atoms with Gasteiger partial charge in [0, 0.05) is 18.1 Å². The Kier molecular flexibility index (Phi) is 3.25. The summed E-state index contributed by atoms with van der Waals surface area (Å²) in [7, 11) is 1.68. The van der Waals surface area contributed by atoms with Crippen molar-refractivity contribution in [2.75, 3.05) is 13.2 Å². The molecule has 0 atom stereocenters. The molecule has 0 aliphatic carbocycles. The molecule has 2 heterocycles. The van der Waals surface area contributed by atoms with Crippen LogP contribution in [0.5, 0.6) is 11.5 Å². The van der Waals surface area contributed by atoms with Gasteiger partial charge < -0.3 is 14.6 Å². The molecule has 3 rings (SSSR count). The number of aryl methyl sites for hydroxylation is 1. The van der Waals surface area contributed by atoms with Gasteiger partial charge in [-0.3, -0.25) is 4.68 Å². The number of halogens is 1. The fraction of sp³-hybridized carbons (Fsp3) is 0.286. The van der Waals surface area contributed by atoms with E-state index in [-0.39, 0.29) is 5.69 Å². The highest BCUT2D eigenvalue weighted by atomic mass is 35.5. The fourth-order valence-corrected chi connectivity index (χ4v) is 2.56. The van der Waals surface area contributed by atoms with Crippen LogP contribution in [0.4, 0.5) is 0 Å². The van der Waals surface area contributed by atoms with Gasteiger partial charge in [-0.1, -0.05) is 11.6 Å². The number of nitrogens with zero attached hydrogens (tertiary/aromatic N) is 2. The maximum atomic E-state index is 11.1. The van der Waals surface area contributed by atoms with Gasteiger partial charge in [-0.2, -0.15) is 5.10 Å². The van der Waals surface area contributed by atoms with Gasteiger partial charge in [-0.25, -0.2) is 4.79 Å². The number of benzene rings is 1. The van der Waals surface area contributed by atoms with Crippen molar-refractivity contribution in [3.8, 4) is 22.8 Å². The Morgan fingerprint density at radius 1 is 1.38 bits per heavy atom. The van der Waals surface area contributed by atoms with Crippen LogP contribution in [0.15, 0.2) is 12.1 Å². The first-order valence-electron chi connectivity index (χ1n) is 6.35. The summed E-state index contributed by atoms with van der Waals surface area (Å²) in [6, 6.07) is 3.21. The molecular weight excluding hydrogens is 296 g/mol. The Morgan fingerprint density at radius 2 is 2.10 bits per heavy atom. The third-order valence-electron chi connectivity index (χ3n) is 3.38. The number of carboxylic acids is 1. The Bertz CT molecular complexity index is 739. The maximum Gasteiger partial charge on any atom is 0.356 e. The second-order valence-corrected chi connectivity index (χ2v) is 5.13. The van der Waals surface area contributed by atoms with Crippen LogP contribution in [0, 0.1) is 6.92 Å². The molecular formula is C14H13ClN2O4. The third-order valence-corrected chi connectivity index (χ3v) is 3.78. The zero-order valence-electron chi connectivity index (χ0n) is 11.5. The average molecular weight is 309 g/mol. The van der Waals surface area contributed by atoms with E-state index in [2.05, 4.69) is 5.10 Å². The molecule has 2 aromatic rings. The maximum absolute atomic E-state index is 11.1. The summed E-state index contributed by atoms with van der Waals surface area (Å²) in [5, 5.41) is 13.6. The van der Waals surface area contributed by atoms with E-state index in [4.69, 9.17) is 26.2 Å². The standard InChI is InChI=1S/C14H13ClN2O4/c1-7-8(15)5-11-13(21-4-3-20-11)12(7)10-6-9(14(18)19)16-17(10)2/h5-6H,3-4H2,1-2H3,(H,18,19). The van der Waals surface area contributed by atoms with Gasteiger partial charge in [0.25, 0.3) is 0 Å². The van der Waals surface area contributed by atoms with Gasteiger partial charge >= 0.3 is 5.97 Å². The first kappa shape index (κ1) is 13.8. The van der Waals surface area contributed by atoms with Crippen molar-refractivity contribution in [1.82, 2.24) is 9.78 Å². The van der Waals surface area contributed by atoms with Crippen LogP contribution in [0.3, 0.4) is 0 Å². The smallest absolute Gasteiger partial charge is 0.356 e. The van der Waals surface area contributed by atoms with Crippen LogP contribution in [-0.2, 0) is 7.05 Å². The molecule has 0 saturated carbocycles. The zero-order valence-corrected chi connectivity index (χ0v) is 12.3. The third kappa shape index (κ3) is 2.21. The predicted molar refractivity (Wildman–Crippen MR) is 76.3 cm³/mol. The van der Waals surface area contributed by atoms with Gasteiger partial charge in [-0.05, 0) is 18.6 Å². The quantitative estimate of drug-likeness (QED) is 0.923. The minimum Gasteiger partial charge on any atom is -0.486 e. The minimum absolute atomic E-state index is 0.0302. The van der Waals surface area contributed by atoms with Gasteiger partial charge in [0.1, 0.15) is 13.2 Å². The number of rotatable bonds is 2. The molecule has 0 spiro atoms. The molecule has 0 unspecified atom stereocenters. The van der Waals surface area contributed by atoms with Crippen molar-refractivity contribution in [3.05, 3.63) is 28.4 Å². The lowest BCUT2D eigenvalue weighted by atomic mass is 10.0. The molecule has 1 aromatic heterocycles. The van der Waals surface area contributed by atoms with E-state index in [0.29, 0.717) is 41.0 Å². The molecule has 1 aliphatic heterocycles. The van der Waals surface area contributed by atoms with E-state index in [1.807, 2.05) is 6.92 Å². The number of carboxylic acid groups (broad SMARTS) is 1. The van der Waals surface area contributed by atoms with E-state index in [1.54, 1.807) is 13.1 Å². The number of ether oxygens (including phenoxy) is 2. The van der Waals surface area contributed by atoms with Crippen LogP contribution in [0.2, 0.25) is 5.02 Å². The lowest BCUT2D eigenvalue weighted by molar-refractivity contribution is 0.0689. The van der Waals surface area contributed by atoms with Crippen LogP contribution < -0.4 is 9.47 Å². The summed E-state index contributed by atoms with van der Waals surface area (Å²) < 4.78 is 12.8. The van der Waals surface area contributed by atoms with Crippen molar-refractivity contribution >= 4 is 17.6 Å². The van der Waals surface area contributed by atoms with E-state index in [9.17, 15) is 4.79 Å². The molecule has 0 amide bonds. The van der Waals surface area contributed by atoms with E-state index < -0.39 is 5.97 Å². The summed E-state index contributed by atoms with van der Waals surface area (Å²) in [6.07, 6.45) is 0. The minimum atomic E-state index is -1.08. The highest BCUT2D eigenvalue weighted by Gasteiger charge is 2.25. The van der Waals surface area contributed by atoms with Gasteiger partial charge in [0.2, 0.25) is 0 Å². The van der Waals surface area contributed by atoms with Gasteiger partial charge in [0.15, 0.2) is 17.2 Å². The van der Waals surface area contributed by atoms with Crippen molar-refractivity contribution in [2.24, 2.45) is 7.05 Å². The highest BCUT2D eigenvalue weighted by molar-refractivity contribution is 6.32. The van der Waals surface area contributed by atoms with Crippen LogP contribution in [0.25, 0.3) is 11.3 Å². The molecule has 21 heavy (non-hydrogen) atoms. The topological polar surface area (TPSA) is 73.6 Å². The molecule has 0 fully saturated rings. The molecule has 1 N–H and O–H groups in total. The van der Waals surface area contributed by atoms with E-state index >= 15 is 0 Å². The molecule has 1 aliphatic rings. The Balaban J connectivity index is 2.26. The normalized spacial score (nSPS) is 13.3. The first-order valence-corrected chi connectivity index (χ1v) is 6.73. The monoisotopic (exact) mass is 308 g/mol. The molecule has 0 saturated heterocycles. The SMILES string of the molecule is Cc1c(Cl)cc2c(c1-c1cc(C(=O)O)nn1C)OCCO2. The Labute approximate surface area is 125 Å². The number of hydrogen-bond donors (Lipinski definition) is 1. The number of hydrogen-bond acceptors (Lipinski definition) is 4. The van der Waals surface area contributed by atoms with E-state index in [0.717, 1.165) is 5.56 Å². The van der Waals surface area contributed by atoms with Crippen molar-refractivity contribution in [1.29, 1.82) is 0 Å². The molecule has 110 valence electrons. The molecule has 1 aromatic carbocycles. The Morgan fingerprint density at radius 3 is 2.76 bits per heavy atom.